The zero-order valence-corrected chi connectivity index (χ0v) is 10.4. The van der Waals surface area contributed by atoms with Gasteiger partial charge in [-0.25, -0.2) is 13.1 Å². The number of epoxide rings is 1. The second-order valence-corrected chi connectivity index (χ2v) is 6.53. The highest BCUT2D eigenvalue weighted by molar-refractivity contribution is 7.89. The minimum Gasteiger partial charge on any atom is -0.369 e. The first-order valence-electron chi connectivity index (χ1n) is 5.79. The van der Waals surface area contributed by atoms with Crippen molar-refractivity contribution in [1.29, 1.82) is 0 Å². The number of hydrogen-bond acceptors (Lipinski definition) is 3. The van der Waals surface area contributed by atoms with E-state index < -0.39 is 10.0 Å². The Morgan fingerprint density at radius 2 is 1.76 bits per heavy atom. The summed E-state index contributed by atoms with van der Waals surface area (Å²) in [5.74, 6) is 0. The highest BCUT2D eigenvalue weighted by atomic mass is 32.2. The van der Waals surface area contributed by atoms with Crippen LogP contribution in [0.3, 0.4) is 0 Å². The topological polar surface area (TPSA) is 58.7 Å². The van der Waals surface area contributed by atoms with Crippen molar-refractivity contribution in [3.63, 3.8) is 0 Å². The molecule has 2 fully saturated rings. The molecule has 1 aromatic rings. The molecule has 1 N–H and O–H groups in total. The Balaban J connectivity index is 1.74. The SMILES string of the molecule is Cc1ccc(S(=O)(=O)NC2C[C@@H]3O[C@@H]3C2)cc1. The highest BCUT2D eigenvalue weighted by Crippen LogP contribution is 2.38. The number of sulfonamides is 1. The van der Waals surface area contributed by atoms with E-state index in [4.69, 9.17) is 4.74 Å². The Morgan fingerprint density at radius 1 is 1.18 bits per heavy atom. The molecular weight excluding hydrogens is 238 g/mol. The summed E-state index contributed by atoms with van der Waals surface area (Å²) in [4.78, 5) is 0.338. The molecule has 2 aliphatic rings. The van der Waals surface area contributed by atoms with E-state index in [1.165, 1.54) is 0 Å². The Kier molecular flexibility index (Phi) is 2.50. The molecule has 4 nitrogen and oxygen atoms in total. The molecule has 5 heteroatoms. The van der Waals surface area contributed by atoms with Gasteiger partial charge >= 0.3 is 0 Å². The summed E-state index contributed by atoms with van der Waals surface area (Å²) in [6.07, 6.45) is 2.19. The Hall–Kier alpha value is -0.910. The van der Waals surface area contributed by atoms with Crippen LogP contribution in [0.15, 0.2) is 29.2 Å². The van der Waals surface area contributed by atoms with Gasteiger partial charge in [-0.15, -0.1) is 0 Å². The molecule has 1 unspecified atom stereocenters. The normalized spacial score (nSPS) is 31.2. The fraction of sp³-hybridized carbons (Fsp3) is 0.500. The second kappa shape index (κ2) is 3.80. The molecule has 0 bridgehead atoms. The largest absolute Gasteiger partial charge is 0.369 e. The third-order valence-corrected chi connectivity index (χ3v) is 4.91. The number of rotatable bonds is 3. The molecule has 1 saturated heterocycles. The lowest BCUT2D eigenvalue weighted by molar-refractivity contribution is 0.297. The van der Waals surface area contributed by atoms with Crippen LogP contribution < -0.4 is 4.72 Å². The van der Waals surface area contributed by atoms with Crippen LogP contribution in [0.4, 0.5) is 0 Å². The van der Waals surface area contributed by atoms with Gasteiger partial charge in [-0.2, -0.15) is 0 Å². The van der Waals surface area contributed by atoms with Crippen LogP contribution in [0.2, 0.25) is 0 Å². The van der Waals surface area contributed by atoms with E-state index in [-0.39, 0.29) is 6.04 Å². The van der Waals surface area contributed by atoms with E-state index in [1.54, 1.807) is 12.1 Å². The molecule has 1 aromatic carbocycles. The van der Waals surface area contributed by atoms with Crippen LogP contribution in [0, 0.1) is 6.92 Å². The molecule has 1 aliphatic heterocycles. The van der Waals surface area contributed by atoms with Gasteiger partial charge < -0.3 is 4.74 Å². The van der Waals surface area contributed by atoms with Crippen molar-refractivity contribution in [2.75, 3.05) is 0 Å². The van der Waals surface area contributed by atoms with Crippen molar-refractivity contribution in [1.82, 2.24) is 4.72 Å². The zero-order chi connectivity index (χ0) is 12.0. The first-order valence-corrected chi connectivity index (χ1v) is 7.27. The monoisotopic (exact) mass is 253 g/mol. The summed E-state index contributed by atoms with van der Waals surface area (Å²) >= 11 is 0. The highest BCUT2D eigenvalue weighted by Gasteiger charge is 2.48. The van der Waals surface area contributed by atoms with E-state index in [0.29, 0.717) is 17.1 Å². The summed E-state index contributed by atoms with van der Waals surface area (Å²) in [5, 5.41) is 0. The molecule has 1 saturated carbocycles. The fourth-order valence-electron chi connectivity index (χ4n) is 2.35. The quantitative estimate of drug-likeness (QED) is 0.824. The van der Waals surface area contributed by atoms with Gasteiger partial charge in [0.2, 0.25) is 10.0 Å². The maximum Gasteiger partial charge on any atom is 0.240 e. The molecule has 1 heterocycles. The molecule has 0 radical (unpaired) electrons. The van der Waals surface area contributed by atoms with Gasteiger partial charge in [0.1, 0.15) is 0 Å². The van der Waals surface area contributed by atoms with Crippen LogP contribution in [-0.4, -0.2) is 26.7 Å². The Bertz CT molecular complexity index is 513. The molecule has 17 heavy (non-hydrogen) atoms. The maximum atomic E-state index is 12.1. The molecular formula is C12H15NO3S. The summed E-state index contributed by atoms with van der Waals surface area (Å²) in [6, 6.07) is 6.94. The number of aryl methyl sites for hydroxylation is 1. The summed E-state index contributed by atoms with van der Waals surface area (Å²) in [6.45, 7) is 1.94. The van der Waals surface area contributed by atoms with Gasteiger partial charge in [0, 0.05) is 6.04 Å². The van der Waals surface area contributed by atoms with E-state index in [0.717, 1.165) is 18.4 Å². The average Bonchev–Trinajstić information content (AvgIpc) is 2.86. The molecule has 0 amide bonds. The molecule has 1 aliphatic carbocycles. The van der Waals surface area contributed by atoms with Crippen molar-refractivity contribution in [3.8, 4) is 0 Å². The van der Waals surface area contributed by atoms with Crippen molar-refractivity contribution in [3.05, 3.63) is 29.8 Å². The minimum atomic E-state index is -3.37. The zero-order valence-electron chi connectivity index (χ0n) is 9.59. The lowest BCUT2D eigenvalue weighted by atomic mass is 10.2. The van der Waals surface area contributed by atoms with Gasteiger partial charge in [-0.05, 0) is 31.9 Å². The second-order valence-electron chi connectivity index (χ2n) is 4.82. The van der Waals surface area contributed by atoms with Crippen LogP contribution in [0.5, 0.6) is 0 Å². The number of hydrogen-bond donors (Lipinski definition) is 1. The van der Waals surface area contributed by atoms with Gasteiger partial charge in [-0.3, -0.25) is 0 Å². The molecule has 3 atom stereocenters. The summed E-state index contributed by atoms with van der Waals surface area (Å²) in [7, 11) is -3.37. The Morgan fingerprint density at radius 3 is 2.35 bits per heavy atom. The number of nitrogens with one attached hydrogen (secondary N) is 1. The van der Waals surface area contributed by atoms with Crippen LogP contribution in [-0.2, 0) is 14.8 Å². The molecule has 0 aromatic heterocycles. The van der Waals surface area contributed by atoms with Crippen LogP contribution in [0.25, 0.3) is 0 Å². The summed E-state index contributed by atoms with van der Waals surface area (Å²) < 4.78 is 32.2. The van der Waals surface area contributed by atoms with E-state index in [9.17, 15) is 8.42 Å². The van der Waals surface area contributed by atoms with Gasteiger partial charge in [0.25, 0.3) is 0 Å². The van der Waals surface area contributed by atoms with Crippen LogP contribution >= 0.6 is 0 Å². The molecule has 3 rings (SSSR count). The maximum absolute atomic E-state index is 12.1. The first-order chi connectivity index (χ1) is 8.04. The summed E-state index contributed by atoms with van der Waals surface area (Å²) in [5.41, 5.74) is 1.06. The molecule has 92 valence electrons. The van der Waals surface area contributed by atoms with Crippen molar-refractivity contribution in [2.24, 2.45) is 0 Å². The van der Waals surface area contributed by atoms with E-state index >= 15 is 0 Å². The Labute approximate surface area is 101 Å². The lowest BCUT2D eigenvalue weighted by Crippen LogP contribution is -2.34. The van der Waals surface area contributed by atoms with E-state index in [2.05, 4.69) is 4.72 Å². The lowest BCUT2D eigenvalue weighted by Gasteiger charge is -2.14. The third kappa shape index (κ3) is 2.22. The number of fused-ring (bicyclic) bond motifs is 1. The average molecular weight is 253 g/mol. The first kappa shape index (κ1) is 11.2. The fourth-order valence-corrected chi connectivity index (χ4v) is 3.61. The number of benzene rings is 1. The number of ether oxygens (including phenoxy) is 1. The predicted octanol–water partition coefficient (Wildman–Crippen LogP) is 1.20. The van der Waals surface area contributed by atoms with Crippen molar-refractivity contribution < 1.29 is 13.2 Å². The van der Waals surface area contributed by atoms with Gasteiger partial charge in [-0.1, -0.05) is 17.7 Å². The van der Waals surface area contributed by atoms with Crippen molar-refractivity contribution >= 4 is 10.0 Å². The standard InChI is InChI=1S/C12H15NO3S/c1-8-2-4-10(5-3-8)17(14,15)13-9-6-11-12(7-9)16-11/h2-5,9,11-13H,6-7H2,1H3/t9?,11-,12+. The van der Waals surface area contributed by atoms with Gasteiger partial charge in [0.15, 0.2) is 0 Å². The van der Waals surface area contributed by atoms with Crippen LogP contribution in [0.1, 0.15) is 18.4 Å². The molecule has 0 spiro atoms. The third-order valence-electron chi connectivity index (χ3n) is 3.37. The van der Waals surface area contributed by atoms with E-state index in [1.807, 2.05) is 19.1 Å². The van der Waals surface area contributed by atoms with Crippen molar-refractivity contribution in [2.45, 2.75) is 42.9 Å². The van der Waals surface area contributed by atoms with Gasteiger partial charge in [0.05, 0.1) is 17.1 Å². The minimum absolute atomic E-state index is 0.0325. The predicted molar refractivity (Wildman–Crippen MR) is 63.2 cm³/mol. The smallest absolute Gasteiger partial charge is 0.240 e.